The second-order valence-electron chi connectivity index (χ2n) is 5.58. The Hall–Kier alpha value is -2.75. The molecule has 122 valence electrons. The van der Waals surface area contributed by atoms with Gasteiger partial charge >= 0.3 is 6.03 Å². The van der Waals surface area contributed by atoms with Crippen LogP contribution in [-0.4, -0.2) is 46.3 Å². The third kappa shape index (κ3) is 2.87. The van der Waals surface area contributed by atoms with Gasteiger partial charge in [-0.3, -0.25) is 19.3 Å². The first kappa shape index (κ1) is 14.8. The van der Waals surface area contributed by atoms with Crippen LogP contribution in [0.2, 0.25) is 0 Å². The number of fused-ring (bicyclic) bond motifs is 1. The minimum absolute atomic E-state index is 0.205. The molecule has 1 aliphatic rings. The Labute approximate surface area is 142 Å². The van der Waals surface area contributed by atoms with Gasteiger partial charge in [0.2, 0.25) is 0 Å². The maximum atomic E-state index is 12.1. The Balaban J connectivity index is 1.62. The number of carbonyl (C=O) groups is 1. The molecule has 1 fully saturated rings. The lowest BCUT2D eigenvalue weighted by atomic mass is 10.3. The number of carbonyl (C=O) groups excluding carboxylic acids is 1. The normalized spacial score (nSPS) is 13.9. The number of amides is 2. The molecule has 3 aromatic heterocycles. The van der Waals surface area contributed by atoms with E-state index in [-0.39, 0.29) is 12.1 Å². The van der Waals surface area contributed by atoms with Crippen molar-refractivity contribution < 1.29 is 4.79 Å². The minimum Gasteiger partial charge on any atom is -0.291 e. The number of thiol groups is 1. The SMILES string of the molecule is Cn1cc(-c2cnc3ccc(NC(=O)N(S)C4CC4)nc3n2)nn1. The van der Waals surface area contributed by atoms with Gasteiger partial charge in [-0.25, -0.2) is 14.8 Å². The molecule has 1 N–H and O–H groups in total. The summed E-state index contributed by atoms with van der Waals surface area (Å²) >= 11 is 4.20. The lowest BCUT2D eigenvalue weighted by Gasteiger charge is -2.15. The molecule has 0 atom stereocenters. The molecule has 3 aromatic rings. The number of hydrogen-bond acceptors (Lipinski definition) is 7. The quantitative estimate of drug-likeness (QED) is 0.702. The fourth-order valence-corrected chi connectivity index (χ4v) is 2.49. The van der Waals surface area contributed by atoms with Gasteiger partial charge in [0.1, 0.15) is 22.7 Å². The number of hydrogen-bond donors (Lipinski definition) is 2. The van der Waals surface area contributed by atoms with Crippen LogP contribution in [0.1, 0.15) is 12.8 Å². The van der Waals surface area contributed by atoms with Crippen molar-refractivity contribution >= 4 is 35.8 Å². The van der Waals surface area contributed by atoms with Crippen LogP contribution in [-0.2, 0) is 7.05 Å². The van der Waals surface area contributed by atoms with Gasteiger partial charge in [0.05, 0.1) is 12.4 Å². The molecule has 0 bridgehead atoms. The van der Waals surface area contributed by atoms with Crippen molar-refractivity contribution in [3.63, 3.8) is 0 Å². The van der Waals surface area contributed by atoms with E-state index in [2.05, 4.69) is 43.4 Å². The monoisotopic (exact) mass is 342 g/mol. The van der Waals surface area contributed by atoms with Crippen LogP contribution in [0.25, 0.3) is 22.6 Å². The summed E-state index contributed by atoms with van der Waals surface area (Å²) in [6.45, 7) is 0. The summed E-state index contributed by atoms with van der Waals surface area (Å²) in [5, 5.41) is 10.6. The number of nitrogens with one attached hydrogen (secondary N) is 1. The third-order valence-electron chi connectivity index (χ3n) is 3.61. The topological polar surface area (TPSA) is 102 Å². The van der Waals surface area contributed by atoms with Gasteiger partial charge in [0.25, 0.3) is 0 Å². The van der Waals surface area contributed by atoms with Crippen molar-refractivity contribution in [1.82, 2.24) is 34.3 Å². The molecular weight excluding hydrogens is 328 g/mol. The number of aryl methyl sites for hydroxylation is 1. The molecule has 10 heteroatoms. The maximum absolute atomic E-state index is 12.1. The summed E-state index contributed by atoms with van der Waals surface area (Å²) in [7, 11) is 1.78. The Morgan fingerprint density at radius 1 is 1.33 bits per heavy atom. The summed E-state index contributed by atoms with van der Waals surface area (Å²) in [5.74, 6) is 0.401. The smallest absolute Gasteiger partial charge is 0.291 e. The average Bonchev–Trinajstić information content (AvgIpc) is 3.34. The molecule has 0 spiro atoms. The van der Waals surface area contributed by atoms with Crippen LogP contribution in [0.4, 0.5) is 10.6 Å². The third-order valence-corrected chi connectivity index (χ3v) is 4.12. The highest BCUT2D eigenvalue weighted by molar-refractivity contribution is 7.78. The number of rotatable bonds is 3. The Bertz CT molecular complexity index is 922. The molecule has 24 heavy (non-hydrogen) atoms. The largest absolute Gasteiger partial charge is 0.333 e. The number of aromatic nitrogens is 6. The number of urea groups is 1. The predicted octanol–water partition coefficient (Wildman–Crippen LogP) is 1.66. The van der Waals surface area contributed by atoms with E-state index in [1.807, 2.05) is 0 Å². The molecule has 2 amide bonds. The highest BCUT2D eigenvalue weighted by Gasteiger charge is 2.30. The van der Waals surface area contributed by atoms with E-state index >= 15 is 0 Å². The second kappa shape index (κ2) is 5.71. The summed E-state index contributed by atoms with van der Waals surface area (Å²) < 4.78 is 2.98. The lowest BCUT2D eigenvalue weighted by molar-refractivity contribution is 0.238. The van der Waals surface area contributed by atoms with Gasteiger partial charge in [-0.2, -0.15) is 0 Å². The zero-order valence-electron chi connectivity index (χ0n) is 12.8. The Morgan fingerprint density at radius 2 is 2.17 bits per heavy atom. The van der Waals surface area contributed by atoms with Crippen molar-refractivity contribution in [2.75, 3.05) is 5.32 Å². The molecule has 3 heterocycles. The van der Waals surface area contributed by atoms with Gasteiger partial charge in [-0.1, -0.05) is 18.0 Å². The van der Waals surface area contributed by atoms with Crippen LogP contribution in [0.15, 0.2) is 24.5 Å². The number of nitrogens with zero attached hydrogens (tertiary/aromatic N) is 7. The first-order valence-electron chi connectivity index (χ1n) is 7.40. The highest BCUT2D eigenvalue weighted by Crippen LogP contribution is 2.28. The highest BCUT2D eigenvalue weighted by atomic mass is 32.1. The molecule has 0 aliphatic heterocycles. The molecular formula is C14H14N8OS. The summed E-state index contributed by atoms with van der Waals surface area (Å²) in [4.78, 5) is 25.2. The minimum atomic E-state index is -0.300. The van der Waals surface area contributed by atoms with Gasteiger partial charge in [-0.05, 0) is 25.0 Å². The molecule has 0 radical (unpaired) electrons. The zero-order chi connectivity index (χ0) is 16.7. The van der Waals surface area contributed by atoms with E-state index in [1.54, 1.807) is 36.3 Å². The fourth-order valence-electron chi connectivity index (χ4n) is 2.21. The standard InChI is InChI=1S/C14H14N8OS/c1-21-7-11(19-20-21)10-6-15-9-4-5-12(17-13(9)16-10)18-14(23)22(24)8-2-3-8/h4-8,24H,2-3H2,1H3,(H,16,17,18,23). The van der Waals surface area contributed by atoms with Crippen LogP contribution in [0, 0.1) is 0 Å². The Kier molecular flexibility index (Phi) is 3.53. The van der Waals surface area contributed by atoms with E-state index in [0.717, 1.165) is 12.8 Å². The van der Waals surface area contributed by atoms with Crippen LogP contribution < -0.4 is 5.32 Å². The fraction of sp³-hybridized carbons (Fsp3) is 0.286. The van der Waals surface area contributed by atoms with E-state index in [9.17, 15) is 4.79 Å². The molecule has 9 nitrogen and oxygen atoms in total. The van der Waals surface area contributed by atoms with E-state index in [0.29, 0.717) is 28.4 Å². The summed E-state index contributed by atoms with van der Waals surface area (Å²) in [5.41, 5.74) is 2.23. The van der Waals surface area contributed by atoms with E-state index < -0.39 is 0 Å². The lowest BCUT2D eigenvalue weighted by Crippen LogP contribution is -2.29. The van der Waals surface area contributed by atoms with E-state index in [1.165, 1.54) is 4.31 Å². The number of pyridine rings is 1. The molecule has 0 unspecified atom stereocenters. The Morgan fingerprint density at radius 3 is 2.88 bits per heavy atom. The molecule has 4 rings (SSSR count). The van der Waals surface area contributed by atoms with Crippen molar-refractivity contribution in [3.8, 4) is 11.4 Å². The predicted molar refractivity (Wildman–Crippen MR) is 90.2 cm³/mol. The summed E-state index contributed by atoms with van der Waals surface area (Å²) in [6.07, 6.45) is 5.33. The van der Waals surface area contributed by atoms with Gasteiger partial charge in [0.15, 0.2) is 5.65 Å². The number of anilines is 1. The summed E-state index contributed by atoms with van der Waals surface area (Å²) in [6, 6.07) is 3.35. The average molecular weight is 342 g/mol. The van der Waals surface area contributed by atoms with Gasteiger partial charge < -0.3 is 0 Å². The van der Waals surface area contributed by atoms with Crippen molar-refractivity contribution in [3.05, 3.63) is 24.5 Å². The van der Waals surface area contributed by atoms with Crippen molar-refractivity contribution in [2.45, 2.75) is 18.9 Å². The molecule has 0 aromatic carbocycles. The van der Waals surface area contributed by atoms with Crippen molar-refractivity contribution in [2.24, 2.45) is 7.05 Å². The van der Waals surface area contributed by atoms with Gasteiger partial charge in [0, 0.05) is 13.1 Å². The molecule has 0 saturated heterocycles. The van der Waals surface area contributed by atoms with Gasteiger partial charge in [-0.15, -0.1) is 5.10 Å². The van der Waals surface area contributed by atoms with Crippen molar-refractivity contribution in [1.29, 1.82) is 0 Å². The van der Waals surface area contributed by atoms with Crippen LogP contribution in [0.3, 0.4) is 0 Å². The van der Waals surface area contributed by atoms with E-state index in [4.69, 9.17) is 0 Å². The first-order chi connectivity index (χ1) is 11.6. The first-order valence-corrected chi connectivity index (χ1v) is 7.80. The molecule has 1 aliphatic carbocycles. The van der Waals surface area contributed by atoms with Crippen LogP contribution in [0.5, 0.6) is 0 Å². The maximum Gasteiger partial charge on any atom is 0.333 e. The zero-order valence-corrected chi connectivity index (χ0v) is 13.7. The molecule has 1 saturated carbocycles. The second-order valence-corrected chi connectivity index (χ2v) is 6.01. The van der Waals surface area contributed by atoms with Crippen LogP contribution >= 0.6 is 12.8 Å².